The maximum Gasteiger partial charge on any atom is 0.347 e. The quantitative estimate of drug-likeness (QED) is 0.651. The number of carbonyl (C=O) groups excluding carboxylic acids is 3. The summed E-state index contributed by atoms with van der Waals surface area (Å²) < 4.78 is 10.4. The summed E-state index contributed by atoms with van der Waals surface area (Å²) in [6.07, 6.45) is -0.534. The molecule has 0 saturated heterocycles. The first-order valence-corrected chi connectivity index (χ1v) is 9.15. The van der Waals surface area contributed by atoms with E-state index in [0.717, 1.165) is 5.56 Å². The van der Waals surface area contributed by atoms with Crippen molar-refractivity contribution in [2.75, 3.05) is 6.61 Å². The zero-order chi connectivity index (χ0) is 20.5. The Labute approximate surface area is 168 Å². The fourth-order valence-corrected chi connectivity index (χ4v) is 2.53. The van der Waals surface area contributed by atoms with Gasteiger partial charge in [-0.2, -0.15) is 0 Å². The van der Waals surface area contributed by atoms with Gasteiger partial charge in [-0.05, 0) is 50.1 Å². The Bertz CT molecular complexity index is 807. The summed E-state index contributed by atoms with van der Waals surface area (Å²) in [6.45, 7) is 2.43. The number of Topliss-reactive ketones (excluding diaryl/α,β-unsaturated/α-hetero) is 1. The Morgan fingerprint density at radius 1 is 1.04 bits per heavy atom. The second kappa shape index (κ2) is 10.5. The third-order valence-electron chi connectivity index (χ3n) is 3.91. The molecule has 7 heteroatoms. The second-order valence-electron chi connectivity index (χ2n) is 6.24. The number of carbonyl (C=O) groups is 3. The second-order valence-corrected chi connectivity index (χ2v) is 6.68. The van der Waals surface area contributed by atoms with Gasteiger partial charge in [-0.15, -0.1) is 0 Å². The predicted octanol–water partition coefficient (Wildman–Crippen LogP) is 2.97. The Balaban J connectivity index is 1.81. The van der Waals surface area contributed by atoms with E-state index < -0.39 is 30.6 Å². The smallest absolute Gasteiger partial charge is 0.347 e. The van der Waals surface area contributed by atoms with Crippen molar-refractivity contribution < 1.29 is 23.9 Å². The zero-order valence-electron chi connectivity index (χ0n) is 15.7. The highest BCUT2D eigenvalue weighted by molar-refractivity contribution is 6.30. The largest absolute Gasteiger partial charge is 0.479 e. The van der Waals surface area contributed by atoms with E-state index in [9.17, 15) is 14.4 Å². The molecule has 0 aliphatic heterocycles. The first kappa shape index (κ1) is 21.4. The molecule has 0 radical (unpaired) electrons. The van der Waals surface area contributed by atoms with E-state index in [4.69, 9.17) is 21.1 Å². The van der Waals surface area contributed by atoms with Gasteiger partial charge in [0, 0.05) is 5.02 Å². The van der Waals surface area contributed by atoms with Crippen LogP contribution in [-0.2, 0) is 25.5 Å². The van der Waals surface area contributed by atoms with Crippen LogP contribution in [0.5, 0.6) is 5.75 Å². The number of esters is 1. The van der Waals surface area contributed by atoms with Gasteiger partial charge in [-0.1, -0.05) is 41.9 Å². The number of amides is 1. The molecule has 0 aliphatic rings. The van der Waals surface area contributed by atoms with E-state index in [1.165, 1.54) is 13.8 Å². The van der Waals surface area contributed by atoms with Crippen LogP contribution in [0.25, 0.3) is 0 Å². The van der Waals surface area contributed by atoms with Crippen molar-refractivity contribution in [3.8, 4) is 5.75 Å². The standard InChI is InChI=1S/C21H22ClNO5/c1-14(24)19(12-16-6-4-3-5-7-16)23-20(25)13-27-21(26)15(2)28-18-10-8-17(22)9-11-18/h3-11,15,19H,12-13H2,1-2H3,(H,23,25)/t15-,19+/m1/s1. The molecule has 6 nitrogen and oxygen atoms in total. The molecule has 2 rings (SSSR count). The van der Waals surface area contributed by atoms with Gasteiger partial charge in [0.05, 0.1) is 6.04 Å². The maximum atomic E-state index is 12.1. The lowest BCUT2D eigenvalue weighted by Crippen LogP contribution is -2.43. The van der Waals surface area contributed by atoms with Gasteiger partial charge >= 0.3 is 5.97 Å². The van der Waals surface area contributed by atoms with E-state index in [1.807, 2.05) is 30.3 Å². The number of hydrogen-bond acceptors (Lipinski definition) is 5. The van der Waals surface area contributed by atoms with Crippen LogP contribution in [0.3, 0.4) is 0 Å². The molecular formula is C21H22ClNO5. The third-order valence-corrected chi connectivity index (χ3v) is 4.16. The van der Waals surface area contributed by atoms with Gasteiger partial charge in [0.15, 0.2) is 18.5 Å². The minimum Gasteiger partial charge on any atom is -0.479 e. The number of ketones is 1. The lowest BCUT2D eigenvalue weighted by atomic mass is 10.0. The van der Waals surface area contributed by atoms with Crippen LogP contribution in [0, 0.1) is 0 Å². The molecule has 2 aromatic carbocycles. The van der Waals surface area contributed by atoms with Crippen LogP contribution in [0.15, 0.2) is 54.6 Å². The van der Waals surface area contributed by atoms with Crippen LogP contribution in [0.4, 0.5) is 0 Å². The number of rotatable bonds is 9. The fraction of sp³-hybridized carbons (Fsp3) is 0.286. The molecule has 1 N–H and O–H groups in total. The number of ether oxygens (including phenoxy) is 2. The van der Waals surface area contributed by atoms with Gasteiger partial charge in [0.25, 0.3) is 5.91 Å². The minimum absolute atomic E-state index is 0.178. The van der Waals surface area contributed by atoms with Gasteiger partial charge in [-0.25, -0.2) is 4.79 Å². The lowest BCUT2D eigenvalue weighted by Gasteiger charge is -2.17. The summed E-state index contributed by atoms with van der Waals surface area (Å²) in [7, 11) is 0. The minimum atomic E-state index is -0.901. The van der Waals surface area contributed by atoms with Crippen molar-refractivity contribution in [3.63, 3.8) is 0 Å². The Morgan fingerprint density at radius 3 is 2.29 bits per heavy atom. The van der Waals surface area contributed by atoms with Gasteiger partial charge < -0.3 is 14.8 Å². The summed E-state index contributed by atoms with van der Waals surface area (Å²) in [5.74, 6) is -0.962. The van der Waals surface area contributed by atoms with E-state index >= 15 is 0 Å². The van der Waals surface area contributed by atoms with Crippen molar-refractivity contribution >= 4 is 29.3 Å². The van der Waals surface area contributed by atoms with Crippen molar-refractivity contribution in [2.24, 2.45) is 0 Å². The van der Waals surface area contributed by atoms with Gasteiger partial charge in [0.2, 0.25) is 0 Å². The summed E-state index contributed by atoms with van der Waals surface area (Å²) in [4.78, 5) is 35.9. The predicted molar refractivity (Wildman–Crippen MR) is 105 cm³/mol. The zero-order valence-corrected chi connectivity index (χ0v) is 16.4. The van der Waals surface area contributed by atoms with E-state index in [1.54, 1.807) is 24.3 Å². The summed E-state index contributed by atoms with van der Waals surface area (Å²) in [5, 5.41) is 3.14. The number of nitrogens with one attached hydrogen (secondary N) is 1. The summed E-state index contributed by atoms with van der Waals surface area (Å²) >= 11 is 5.79. The molecule has 0 saturated carbocycles. The highest BCUT2D eigenvalue weighted by Gasteiger charge is 2.21. The van der Waals surface area contributed by atoms with Crippen LogP contribution in [-0.4, -0.2) is 36.4 Å². The van der Waals surface area contributed by atoms with Crippen LogP contribution < -0.4 is 10.1 Å². The molecule has 2 aromatic rings. The monoisotopic (exact) mass is 403 g/mol. The molecule has 0 aromatic heterocycles. The average Bonchev–Trinajstić information content (AvgIpc) is 2.68. The number of benzene rings is 2. The molecule has 0 unspecified atom stereocenters. The number of hydrogen-bond donors (Lipinski definition) is 1. The van der Waals surface area contributed by atoms with E-state index in [-0.39, 0.29) is 5.78 Å². The van der Waals surface area contributed by atoms with E-state index in [0.29, 0.717) is 17.2 Å². The van der Waals surface area contributed by atoms with Crippen molar-refractivity contribution in [2.45, 2.75) is 32.4 Å². The Morgan fingerprint density at radius 2 is 1.68 bits per heavy atom. The summed E-state index contributed by atoms with van der Waals surface area (Å²) in [6, 6.07) is 15.2. The molecule has 0 spiro atoms. The molecule has 28 heavy (non-hydrogen) atoms. The van der Waals surface area contributed by atoms with Crippen molar-refractivity contribution in [1.82, 2.24) is 5.32 Å². The van der Waals surface area contributed by atoms with Crippen LogP contribution >= 0.6 is 11.6 Å². The molecule has 148 valence electrons. The normalized spacial score (nSPS) is 12.5. The number of halogens is 1. The molecule has 0 bridgehead atoms. The van der Waals surface area contributed by atoms with Crippen molar-refractivity contribution in [3.05, 3.63) is 65.2 Å². The topological polar surface area (TPSA) is 81.7 Å². The SMILES string of the molecule is CC(=O)[C@H](Cc1ccccc1)NC(=O)COC(=O)[C@@H](C)Oc1ccc(Cl)cc1. The van der Waals surface area contributed by atoms with Crippen LogP contribution in [0.2, 0.25) is 5.02 Å². The molecular weight excluding hydrogens is 382 g/mol. The Kier molecular flexibility index (Phi) is 8.02. The first-order chi connectivity index (χ1) is 13.3. The summed E-state index contributed by atoms with van der Waals surface area (Å²) in [5.41, 5.74) is 0.921. The highest BCUT2D eigenvalue weighted by atomic mass is 35.5. The fourth-order valence-electron chi connectivity index (χ4n) is 2.40. The first-order valence-electron chi connectivity index (χ1n) is 8.77. The van der Waals surface area contributed by atoms with Gasteiger partial charge in [0.1, 0.15) is 5.75 Å². The molecule has 0 aliphatic carbocycles. The lowest BCUT2D eigenvalue weighted by molar-refractivity contribution is -0.155. The highest BCUT2D eigenvalue weighted by Crippen LogP contribution is 2.17. The van der Waals surface area contributed by atoms with Crippen LogP contribution in [0.1, 0.15) is 19.4 Å². The maximum absolute atomic E-state index is 12.1. The average molecular weight is 404 g/mol. The third kappa shape index (κ3) is 7.04. The van der Waals surface area contributed by atoms with E-state index in [2.05, 4.69) is 5.32 Å². The van der Waals surface area contributed by atoms with Crippen molar-refractivity contribution in [1.29, 1.82) is 0 Å². The molecule has 0 fully saturated rings. The molecule has 0 heterocycles. The van der Waals surface area contributed by atoms with Gasteiger partial charge in [-0.3, -0.25) is 9.59 Å². The Hall–Kier alpha value is -2.86. The molecule has 1 amide bonds. The molecule has 2 atom stereocenters.